The van der Waals surface area contributed by atoms with E-state index in [2.05, 4.69) is 20.1 Å². The number of anilines is 1. The van der Waals surface area contributed by atoms with E-state index < -0.39 is 95.1 Å². The van der Waals surface area contributed by atoms with Gasteiger partial charge in [0.15, 0.2) is 18.7 Å². The molecule has 2 aromatic heterocycles. The van der Waals surface area contributed by atoms with Crippen LogP contribution in [0.1, 0.15) is 107 Å². The molecule has 0 bridgehead atoms. The number of carbonyl (C=O) groups excluding carboxylic acids is 3. The third-order valence-electron chi connectivity index (χ3n) is 12.2. The number of nitrogen functional groups attached to an aromatic ring is 1. The fraction of sp³-hybridized carbons (Fsp3) is 0.711. The summed E-state index contributed by atoms with van der Waals surface area (Å²) in [6, 6.07) is 4.85. The van der Waals surface area contributed by atoms with Gasteiger partial charge in [-0.1, -0.05) is 52.8 Å². The number of rotatable bonds is 13. The van der Waals surface area contributed by atoms with Crippen LogP contribution < -0.4 is 5.73 Å². The third-order valence-corrected chi connectivity index (χ3v) is 13.1. The quantitative estimate of drug-likeness (QED) is 0.0888. The number of ketones is 1. The first-order valence-corrected chi connectivity index (χ1v) is 22.9. The Labute approximate surface area is 380 Å². The molecule has 358 valence electrons. The highest BCUT2D eigenvalue weighted by molar-refractivity contribution is 7.13. The van der Waals surface area contributed by atoms with Crippen LogP contribution in [-0.4, -0.2) is 140 Å². The number of likely N-dealkylation sites (N-methyl/N-ethyl adjacent to an activating group) is 1. The van der Waals surface area contributed by atoms with E-state index in [1.165, 1.54) is 32.1 Å². The minimum Gasteiger partial charge on any atom is -0.457 e. The van der Waals surface area contributed by atoms with Gasteiger partial charge in [0.25, 0.3) is 5.67 Å². The summed E-state index contributed by atoms with van der Waals surface area (Å²) in [4.78, 5) is 62.1. The molecule has 13 atom stereocenters. The number of nitrogens with zero attached hydrogens (tertiary/aromatic N) is 5. The summed E-state index contributed by atoms with van der Waals surface area (Å²) in [6.45, 7) is 15.0. The molecule has 4 rings (SSSR count). The molecule has 4 heterocycles. The van der Waals surface area contributed by atoms with Crippen molar-refractivity contribution in [2.45, 2.75) is 168 Å². The summed E-state index contributed by atoms with van der Waals surface area (Å²) in [6.07, 6.45) is -6.72. The van der Waals surface area contributed by atoms with Crippen LogP contribution in [0.2, 0.25) is 0 Å². The summed E-state index contributed by atoms with van der Waals surface area (Å²) in [5.74, 6) is -6.15. The van der Waals surface area contributed by atoms with Crippen LogP contribution in [-0.2, 0) is 44.8 Å². The number of aliphatic hydroxyl groups excluding tert-OH is 1. The minimum atomic E-state index is -3.29. The Balaban J connectivity index is 1.74. The number of Topliss-reactive ketones (excluding diaryl/α,β-unsaturated/α-hetero) is 1. The first-order chi connectivity index (χ1) is 29.9. The van der Waals surface area contributed by atoms with Crippen molar-refractivity contribution in [3.05, 3.63) is 29.3 Å². The van der Waals surface area contributed by atoms with Crippen molar-refractivity contribution < 1.29 is 57.9 Å². The number of hydrogen-bond donors (Lipinski definition) is 4. The minimum absolute atomic E-state index is 0.0201. The van der Waals surface area contributed by atoms with Crippen molar-refractivity contribution in [1.29, 1.82) is 0 Å². The topological polar surface area (TPSA) is 238 Å². The van der Waals surface area contributed by atoms with Gasteiger partial charge in [-0.3, -0.25) is 9.59 Å². The summed E-state index contributed by atoms with van der Waals surface area (Å²) in [5.41, 5.74) is 0.325. The number of alkyl halides is 1. The summed E-state index contributed by atoms with van der Waals surface area (Å²) >= 11 is 1.37. The molecule has 0 aliphatic carbocycles. The van der Waals surface area contributed by atoms with E-state index in [9.17, 15) is 29.7 Å². The molecule has 0 radical (unpaired) electrons. The zero-order valence-electron chi connectivity index (χ0n) is 39.2. The maximum absolute atomic E-state index is 16.8. The number of halogens is 1. The molecule has 0 aromatic carbocycles. The summed E-state index contributed by atoms with van der Waals surface area (Å²) in [7, 11) is 3.58. The molecule has 0 saturated carbocycles. The largest absolute Gasteiger partial charge is 0.457 e. The Morgan fingerprint density at radius 3 is 2.34 bits per heavy atom. The van der Waals surface area contributed by atoms with E-state index >= 15 is 4.39 Å². The number of thiazole rings is 1. The van der Waals surface area contributed by atoms with Gasteiger partial charge >= 0.3 is 5.97 Å². The number of cyclic esters (lactones) is 1. The van der Waals surface area contributed by atoms with Crippen LogP contribution in [0, 0.1) is 17.8 Å². The first kappa shape index (κ1) is 52.8. The van der Waals surface area contributed by atoms with E-state index in [1.54, 1.807) is 66.9 Å². The van der Waals surface area contributed by atoms with E-state index in [-0.39, 0.29) is 38.2 Å². The normalized spacial score (nSPS) is 35.6. The van der Waals surface area contributed by atoms with Crippen LogP contribution in [0.25, 0.3) is 10.7 Å². The fourth-order valence-electron chi connectivity index (χ4n) is 8.64. The predicted molar refractivity (Wildman–Crippen MR) is 240 cm³/mol. The Morgan fingerprint density at radius 1 is 1.05 bits per heavy atom. The Bertz CT molecular complexity index is 1970. The Morgan fingerprint density at radius 2 is 1.73 bits per heavy atom. The number of esters is 1. The van der Waals surface area contributed by atoms with Crippen LogP contribution in [0.5, 0.6) is 0 Å². The standard InChI is InChI=1S/C45H69FN6O11S/c1-13-28(51-60-22-29-23-64-40(48-29)30-17-16-18-33(47)49-30)21-59-39-26(6)35(50-34(53)15-3)24(4)20-43(8,57)38(63-41-36(54)31(52(11)12)19-25(5)61-41)27(7)37(55)44(9,46)42(56)62-32(14-2)45(39,10)58/h16-18,23-27,31-32,36,38-39,41,54,57-58H,13-15,19-22H2,1-12H3,(H2,47,49)/b50-35?,51-28-/t24-,25-,26+,27+,31+,32-,36-,38-,39-,41+,43-,44+,45-/m1/s1. The number of carbonyl (C=O) groups is 3. The van der Waals surface area contributed by atoms with Gasteiger partial charge in [0.1, 0.15) is 34.3 Å². The molecular weight excluding hydrogens is 852 g/mol. The number of hydrogen-bond acceptors (Lipinski definition) is 17. The molecule has 0 unspecified atom stereocenters. The highest BCUT2D eigenvalue weighted by Gasteiger charge is 2.55. The molecule has 2 aliphatic rings. The van der Waals surface area contributed by atoms with Crippen LogP contribution >= 0.6 is 11.3 Å². The van der Waals surface area contributed by atoms with Gasteiger partial charge in [0.2, 0.25) is 5.91 Å². The number of aromatic nitrogens is 2. The van der Waals surface area contributed by atoms with Crippen LogP contribution in [0.3, 0.4) is 0 Å². The van der Waals surface area contributed by atoms with Gasteiger partial charge < -0.3 is 49.7 Å². The lowest BCUT2D eigenvalue weighted by molar-refractivity contribution is -0.293. The monoisotopic (exact) mass is 920 g/mol. The zero-order valence-corrected chi connectivity index (χ0v) is 40.1. The van der Waals surface area contributed by atoms with Crippen molar-refractivity contribution in [1.82, 2.24) is 14.9 Å². The third kappa shape index (κ3) is 12.5. The van der Waals surface area contributed by atoms with Crippen LogP contribution in [0.15, 0.2) is 33.7 Å². The van der Waals surface area contributed by atoms with Gasteiger partial charge in [-0.15, -0.1) is 11.3 Å². The molecular formula is C45H69FN6O11S. The summed E-state index contributed by atoms with van der Waals surface area (Å²) in [5, 5.41) is 43.1. The Kier molecular flexibility index (Phi) is 18.2. The molecule has 19 heteroatoms. The molecule has 2 aliphatic heterocycles. The fourth-order valence-corrected chi connectivity index (χ4v) is 9.41. The van der Waals surface area contributed by atoms with Crippen molar-refractivity contribution in [2.75, 3.05) is 26.4 Å². The maximum Gasteiger partial charge on any atom is 0.351 e. The maximum atomic E-state index is 16.8. The smallest absolute Gasteiger partial charge is 0.351 e. The molecule has 1 amide bonds. The average molecular weight is 921 g/mol. The van der Waals surface area contributed by atoms with E-state index in [0.29, 0.717) is 40.8 Å². The van der Waals surface area contributed by atoms with E-state index in [4.69, 9.17) is 29.5 Å². The number of ether oxygens (including phenoxy) is 4. The molecule has 0 spiro atoms. The molecule has 2 fully saturated rings. The highest BCUT2D eigenvalue weighted by atomic mass is 32.1. The predicted octanol–water partition coefficient (Wildman–Crippen LogP) is 5.08. The highest BCUT2D eigenvalue weighted by Crippen LogP contribution is 2.39. The molecule has 2 aromatic rings. The lowest BCUT2D eigenvalue weighted by atomic mass is 9.73. The van der Waals surface area contributed by atoms with Crippen molar-refractivity contribution in [3.63, 3.8) is 0 Å². The lowest BCUT2D eigenvalue weighted by Gasteiger charge is -2.46. The number of aliphatic imine (C=N–C) groups is 1. The van der Waals surface area contributed by atoms with E-state index in [0.717, 1.165) is 6.92 Å². The van der Waals surface area contributed by atoms with Gasteiger partial charge in [-0.2, -0.15) is 0 Å². The van der Waals surface area contributed by atoms with Gasteiger partial charge in [0.05, 0.1) is 41.9 Å². The van der Waals surface area contributed by atoms with Crippen molar-refractivity contribution in [2.24, 2.45) is 27.9 Å². The van der Waals surface area contributed by atoms with E-state index in [1.807, 2.05) is 17.2 Å². The number of nitrogens with two attached hydrogens (primary N) is 1. The van der Waals surface area contributed by atoms with Gasteiger partial charge in [0, 0.05) is 35.4 Å². The second kappa shape index (κ2) is 22.1. The molecule has 17 nitrogen and oxygen atoms in total. The number of amides is 1. The number of oxime groups is 1. The zero-order chi connectivity index (χ0) is 47.9. The van der Waals surface area contributed by atoms with Crippen molar-refractivity contribution in [3.8, 4) is 10.7 Å². The molecule has 5 N–H and O–H groups in total. The second-order valence-electron chi connectivity index (χ2n) is 18.0. The average Bonchev–Trinajstić information content (AvgIpc) is 3.71. The molecule has 64 heavy (non-hydrogen) atoms. The lowest BCUT2D eigenvalue weighted by Crippen LogP contribution is -2.61. The first-order valence-electron chi connectivity index (χ1n) is 22.0. The van der Waals surface area contributed by atoms with Crippen molar-refractivity contribution >= 4 is 46.2 Å². The molecule has 2 saturated heterocycles. The Hall–Kier alpha value is -3.82. The number of aliphatic hydroxyl groups is 3. The second-order valence-corrected chi connectivity index (χ2v) is 18.8. The SMILES string of the molecule is CCC(=O)N=C1[C@H](C)C[C@@](C)(O)[C@H](O[C@@H]2O[C@H](C)C[C@H](N(C)C)[C@H]2O)[C@@H](C)C(=O)[C@](C)(F)C(=O)O[C@H](CC)[C@@](C)(O)[C@H](OC/C(CC)=N\OCc2csc(-c3cccc(N)n3)n2)[C@H]1C. The van der Waals surface area contributed by atoms with Crippen LogP contribution in [0.4, 0.5) is 10.2 Å². The summed E-state index contributed by atoms with van der Waals surface area (Å²) < 4.78 is 41.4. The van der Waals surface area contributed by atoms with Gasteiger partial charge in [-0.05, 0) is 85.5 Å². The number of pyridine rings is 1. The van der Waals surface area contributed by atoms with Gasteiger partial charge in [-0.25, -0.2) is 24.1 Å².